The van der Waals surface area contributed by atoms with Gasteiger partial charge in [0.25, 0.3) is 0 Å². The van der Waals surface area contributed by atoms with E-state index < -0.39 is 19.7 Å². The van der Waals surface area contributed by atoms with Gasteiger partial charge in [-0.1, -0.05) is 12.1 Å². The molecule has 0 saturated carbocycles. The smallest absolute Gasteiger partial charge is 0.394 e. The van der Waals surface area contributed by atoms with Crippen LogP contribution in [0.2, 0.25) is 0 Å². The zero-order chi connectivity index (χ0) is 24.9. The lowest BCUT2D eigenvalue weighted by atomic mass is 10.2. The Hall–Kier alpha value is -2.86. The number of aromatic nitrogens is 2. The molecule has 14 heteroatoms. The van der Waals surface area contributed by atoms with Crippen molar-refractivity contribution in [3.8, 4) is 11.8 Å². The van der Waals surface area contributed by atoms with Crippen LogP contribution in [0.1, 0.15) is 24.0 Å². The fourth-order valence-corrected chi connectivity index (χ4v) is 3.61. The van der Waals surface area contributed by atoms with Crippen LogP contribution < -0.4 is 20.1 Å². The number of anilines is 2. The minimum absolute atomic E-state index is 0.0427. The van der Waals surface area contributed by atoms with Crippen LogP contribution in [-0.2, 0) is 27.1 Å². The maximum absolute atomic E-state index is 13.3. The molecule has 0 aliphatic carbocycles. The highest BCUT2D eigenvalue weighted by molar-refractivity contribution is 7.53. The van der Waals surface area contributed by atoms with Gasteiger partial charge in [0, 0.05) is 19.1 Å². The summed E-state index contributed by atoms with van der Waals surface area (Å²) in [5.74, 6) is 0.728. The van der Waals surface area contributed by atoms with Crippen LogP contribution in [0.3, 0.4) is 0 Å². The monoisotopic (exact) mass is 502 g/mol. The van der Waals surface area contributed by atoms with Crippen LogP contribution >= 0.6 is 7.60 Å². The molecule has 2 heterocycles. The van der Waals surface area contributed by atoms with Gasteiger partial charge in [0.15, 0.2) is 0 Å². The number of carbonyl (C=O) groups is 1. The van der Waals surface area contributed by atoms with Gasteiger partial charge >= 0.3 is 19.3 Å². The lowest BCUT2D eigenvalue weighted by Crippen LogP contribution is -2.26. The van der Waals surface area contributed by atoms with Crippen molar-refractivity contribution in [3.63, 3.8) is 0 Å². The van der Waals surface area contributed by atoms with Gasteiger partial charge < -0.3 is 29.7 Å². The highest BCUT2D eigenvalue weighted by atomic mass is 31.2. The first-order valence-electron chi connectivity index (χ1n) is 10.3. The molecule has 1 aromatic carbocycles. The normalized spacial score (nSPS) is 13.8. The molecule has 1 aliphatic heterocycles. The summed E-state index contributed by atoms with van der Waals surface area (Å²) in [6, 6.07) is 6.65. The molecule has 1 aromatic heterocycles. The van der Waals surface area contributed by atoms with E-state index in [4.69, 9.17) is 29.7 Å². The van der Waals surface area contributed by atoms with Crippen molar-refractivity contribution in [2.45, 2.75) is 31.5 Å². The molecular formula is C20H25F2N4O7P. The fourth-order valence-electron chi connectivity index (χ4n) is 3.16. The second-order valence-electron chi connectivity index (χ2n) is 7.50. The minimum atomic E-state index is -5.50. The number of fused-ring (bicyclic) bond motifs is 1. The lowest BCUT2D eigenvalue weighted by Gasteiger charge is -2.18. The molecule has 1 aliphatic rings. The van der Waals surface area contributed by atoms with Crippen molar-refractivity contribution >= 4 is 25.1 Å². The molecule has 11 nitrogen and oxygen atoms in total. The zero-order valence-electron chi connectivity index (χ0n) is 18.3. The standard InChI is InChI=1S/C20H25F2N4O7P/c1-31-9-10-33-19-24-17(23)15-11-16(27)26(18(15)25-19)12-13-3-5-14(6-4-13)32-8-2-7-20(21,22)34(28,29)30/h3-6H,2,7-12H2,1H3,(H2,23,24,25)(H2,28,29,30). The van der Waals surface area contributed by atoms with E-state index in [-0.39, 0.29) is 50.3 Å². The number of benzene rings is 1. The second kappa shape index (κ2) is 10.6. The molecule has 0 bridgehead atoms. The number of hydrogen-bond donors (Lipinski definition) is 3. The maximum Gasteiger partial charge on any atom is 0.394 e. The summed E-state index contributed by atoms with van der Waals surface area (Å²) in [5.41, 5.74) is 3.17. The van der Waals surface area contributed by atoms with Gasteiger partial charge in [-0.25, -0.2) is 0 Å². The summed E-state index contributed by atoms with van der Waals surface area (Å²) < 4.78 is 53.0. The molecule has 1 amide bonds. The van der Waals surface area contributed by atoms with E-state index in [0.717, 1.165) is 5.56 Å². The van der Waals surface area contributed by atoms with Crippen molar-refractivity contribution in [2.75, 3.05) is 37.6 Å². The van der Waals surface area contributed by atoms with E-state index in [9.17, 15) is 18.1 Å². The largest absolute Gasteiger partial charge is 0.494 e. The van der Waals surface area contributed by atoms with Crippen LogP contribution in [0.5, 0.6) is 11.8 Å². The molecule has 4 N–H and O–H groups in total. The molecule has 186 valence electrons. The first-order chi connectivity index (χ1) is 16.0. The number of rotatable bonds is 12. The van der Waals surface area contributed by atoms with Gasteiger partial charge in [-0.15, -0.1) is 0 Å². The van der Waals surface area contributed by atoms with E-state index in [1.807, 2.05) is 0 Å². The summed E-state index contributed by atoms with van der Waals surface area (Å²) in [6.07, 6.45) is -1.16. The Kier molecular flexibility index (Phi) is 8.03. The number of halogens is 2. The Labute approximate surface area is 194 Å². The van der Waals surface area contributed by atoms with Gasteiger partial charge in [0.1, 0.15) is 24.0 Å². The van der Waals surface area contributed by atoms with Crippen molar-refractivity contribution in [1.82, 2.24) is 9.97 Å². The molecule has 0 spiro atoms. The minimum Gasteiger partial charge on any atom is -0.494 e. The Balaban J connectivity index is 1.59. The molecule has 0 saturated heterocycles. The predicted octanol–water partition coefficient (Wildman–Crippen LogP) is 2.10. The molecule has 0 fully saturated rings. The number of alkyl halides is 2. The van der Waals surface area contributed by atoms with E-state index in [1.54, 1.807) is 24.3 Å². The van der Waals surface area contributed by atoms with Crippen molar-refractivity contribution in [2.24, 2.45) is 0 Å². The Morgan fingerprint density at radius 3 is 2.50 bits per heavy atom. The Morgan fingerprint density at radius 1 is 1.15 bits per heavy atom. The summed E-state index contributed by atoms with van der Waals surface area (Å²) in [7, 11) is -3.96. The van der Waals surface area contributed by atoms with Gasteiger partial charge in [-0.2, -0.15) is 18.7 Å². The van der Waals surface area contributed by atoms with Gasteiger partial charge in [-0.05, 0) is 24.1 Å². The number of amides is 1. The van der Waals surface area contributed by atoms with Crippen molar-refractivity contribution < 1.29 is 42.1 Å². The number of carbonyl (C=O) groups excluding carboxylic acids is 1. The topological polar surface area (TPSA) is 157 Å². The van der Waals surface area contributed by atoms with Crippen LogP contribution in [0.15, 0.2) is 24.3 Å². The van der Waals surface area contributed by atoms with E-state index >= 15 is 0 Å². The number of methoxy groups -OCH3 is 1. The van der Waals surface area contributed by atoms with Gasteiger partial charge in [-0.3, -0.25) is 14.3 Å². The van der Waals surface area contributed by atoms with Gasteiger partial charge in [0.05, 0.1) is 26.2 Å². The number of hydrogen-bond acceptors (Lipinski definition) is 8. The molecule has 0 atom stereocenters. The third-order valence-corrected chi connectivity index (χ3v) is 6.06. The molecule has 0 unspecified atom stereocenters. The maximum atomic E-state index is 13.3. The lowest BCUT2D eigenvalue weighted by molar-refractivity contribution is -0.117. The highest BCUT2D eigenvalue weighted by Crippen LogP contribution is 2.55. The first kappa shape index (κ1) is 25.8. The summed E-state index contributed by atoms with van der Waals surface area (Å²) in [5, 5.41) is 0. The van der Waals surface area contributed by atoms with E-state index in [1.165, 1.54) is 12.0 Å². The molecule has 34 heavy (non-hydrogen) atoms. The first-order valence-corrected chi connectivity index (χ1v) is 11.9. The number of nitrogens with two attached hydrogens (primary N) is 1. The predicted molar refractivity (Wildman–Crippen MR) is 117 cm³/mol. The van der Waals surface area contributed by atoms with Crippen LogP contribution in [0, 0.1) is 0 Å². The highest BCUT2D eigenvalue weighted by Gasteiger charge is 2.47. The summed E-state index contributed by atoms with van der Waals surface area (Å²) in [4.78, 5) is 39.7. The van der Waals surface area contributed by atoms with Crippen LogP contribution in [0.4, 0.5) is 20.4 Å². The molecule has 3 rings (SSSR count). The quantitative estimate of drug-likeness (QED) is 0.290. The summed E-state index contributed by atoms with van der Waals surface area (Å²) >= 11 is 0. The third kappa shape index (κ3) is 6.17. The summed E-state index contributed by atoms with van der Waals surface area (Å²) in [6.45, 7) is 0.619. The average molecular weight is 502 g/mol. The number of nitrogens with zero attached hydrogens (tertiary/aromatic N) is 3. The average Bonchev–Trinajstić information content (AvgIpc) is 3.08. The van der Waals surface area contributed by atoms with Gasteiger partial charge in [0.2, 0.25) is 5.91 Å². The van der Waals surface area contributed by atoms with Crippen molar-refractivity contribution in [1.29, 1.82) is 0 Å². The van der Waals surface area contributed by atoms with Crippen LogP contribution in [-0.4, -0.2) is 58.3 Å². The van der Waals surface area contributed by atoms with E-state index in [2.05, 4.69) is 9.97 Å². The molecular weight excluding hydrogens is 477 g/mol. The second-order valence-corrected chi connectivity index (χ2v) is 9.24. The fraction of sp³-hybridized carbons (Fsp3) is 0.450. The SMILES string of the molecule is COCCOc1nc(N)c2c(n1)N(Cc1ccc(OCCCC(F)(F)P(=O)(O)O)cc1)C(=O)C2. The number of ether oxygens (including phenoxy) is 3. The number of nitrogen functional groups attached to an aromatic ring is 1. The Morgan fingerprint density at radius 2 is 1.85 bits per heavy atom. The van der Waals surface area contributed by atoms with E-state index in [0.29, 0.717) is 23.7 Å². The van der Waals surface area contributed by atoms with Crippen LogP contribution in [0.25, 0.3) is 0 Å². The zero-order valence-corrected chi connectivity index (χ0v) is 19.2. The molecule has 0 radical (unpaired) electrons. The Bertz CT molecular complexity index is 1070. The van der Waals surface area contributed by atoms with Crippen molar-refractivity contribution in [3.05, 3.63) is 35.4 Å². The third-order valence-electron chi connectivity index (χ3n) is 4.98. The molecule has 2 aromatic rings.